The fourth-order valence-electron chi connectivity index (χ4n) is 4.76. The van der Waals surface area contributed by atoms with Crippen molar-refractivity contribution in [3.05, 3.63) is 68.0 Å². The van der Waals surface area contributed by atoms with Crippen LogP contribution >= 0.6 is 11.6 Å². The Balaban J connectivity index is 1.80. The molecular weight excluding hydrogens is 518 g/mol. The minimum absolute atomic E-state index is 0.0687. The van der Waals surface area contributed by atoms with Crippen molar-refractivity contribution in [2.45, 2.75) is 66.5 Å². The Morgan fingerprint density at radius 2 is 1.79 bits per heavy atom. The van der Waals surface area contributed by atoms with Gasteiger partial charge in [-0.2, -0.15) is 0 Å². The van der Waals surface area contributed by atoms with Crippen LogP contribution in [0.2, 0.25) is 5.02 Å². The van der Waals surface area contributed by atoms with E-state index in [4.69, 9.17) is 30.2 Å². The van der Waals surface area contributed by atoms with Crippen LogP contribution in [0.5, 0.6) is 11.5 Å². The summed E-state index contributed by atoms with van der Waals surface area (Å²) in [4.78, 5) is 29.3. The van der Waals surface area contributed by atoms with Gasteiger partial charge in [-0.1, -0.05) is 31.5 Å². The van der Waals surface area contributed by atoms with Gasteiger partial charge in [0.2, 0.25) is 5.76 Å². The summed E-state index contributed by atoms with van der Waals surface area (Å²) in [5, 5.41) is 0.825. The van der Waals surface area contributed by atoms with Crippen LogP contribution in [0, 0.1) is 12.8 Å². The highest BCUT2D eigenvalue weighted by Gasteiger charge is 2.42. The number of rotatable bonds is 12. The van der Waals surface area contributed by atoms with Gasteiger partial charge < -0.3 is 23.5 Å². The Bertz CT molecular complexity index is 1400. The smallest absolute Gasteiger partial charge is 0.290 e. The number of fused-ring (bicyclic) bond motifs is 2. The zero-order chi connectivity index (χ0) is 28.3. The quantitative estimate of drug-likeness (QED) is 0.225. The molecule has 3 aromatic rings. The molecule has 0 N–H and O–H groups in total. The second kappa shape index (κ2) is 12.4. The second-order valence-corrected chi connectivity index (χ2v) is 11.0. The molecule has 4 rings (SSSR count). The number of hydrogen-bond donors (Lipinski definition) is 0. The van der Waals surface area contributed by atoms with Crippen molar-refractivity contribution in [3.8, 4) is 11.5 Å². The van der Waals surface area contributed by atoms with E-state index >= 15 is 0 Å². The zero-order valence-electron chi connectivity index (χ0n) is 23.6. The first-order valence-electron chi connectivity index (χ1n) is 13.7. The molecule has 0 saturated carbocycles. The molecule has 0 fully saturated rings. The number of carbonyl (C=O) groups is 1. The number of halogens is 1. The molecule has 2 aromatic carbocycles. The third kappa shape index (κ3) is 6.25. The van der Waals surface area contributed by atoms with Crippen molar-refractivity contribution in [1.82, 2.24) is 4.90 Å². The lowest BCUT2D eigenvalue weighted by Crippen LogP contribution is -2.31. The van der Waals surface area contributed by atoms with Gasteiger partial charge >= 0.3 is 0 Å². The van der Waals surface area contributed by atoms with Gasteiger partial charge in [0.15, 0.2) is 16.9 Å². The average molecular weight is 556 g/mol. The number of aryl methyl sites for hydroxylation is 1. The third-order valence-electron chi connectivity index (χ3n) is 6.78. The summed E-state index contributed by atoms with van der Waals surface area (Å²) in [6.07, 6.45) is 1.62. The molecule has 1 aromatic heterocycles. The lowest BCUT2D eigenvalue weighted by molar-refractivity contribution is 0.0593. The van der Waals surface area contributed by atoms with Crippen LogP contribution in [0.25, 0.3) is 11.0 Å². The summed E-state index contributed by atoms with van der Waals surface area (Å²) in [6, 6.07) is 8.30. The van der Waals surface area contributed by atoms with Gasteiger partial charge in [-0.05, 0) is 81.8 Å². The maximum atomic E-state index is 13.9. The summed E-state index contributed by atoms with van der Waals surface area (Å²) < 4.78 is 23.8. The average Bonchev–Trinajstić information content (AvgIpc) is 3.15. The number of carbonyl (C=O) groups excluding carboxylic acids is 1. The van der Waals surface area contributed by atoms with Crippen molar-refractivity contribution in [1.29, 1.82) is 0 Å². The Morgan fingerprint density at radius 3 is 2.49 bits per heavy atom. The van der Waals surface area contributed by atoms with E-state index in [9.17, 15) is 9.59 Å². The number of hydrogen-bond acceptors (Lipinski definition) is 6. The summed E-state index contributed by atoms with van der Waals surface area (Å²) in [7, 11) is 0. The molecule has 1 amide bonds. The summed E-state index contributed by atoms with van der Waals surface area (Å²) in [5.74, 6) is 1.48. The van der Waals surface area contributed by atoms with Crippen LogP contribution in [0.15, 0.2) is 39.5 Å². The van der Waals surface area contributed by atoms with Gasteiger partial charge in [0, 0.05) is 18.2 Å². The zero-order valence-corrected chi connectivity index (χ0v) is 24.4. The standard InChI is InChI=1S/C31H38ClNO6/c1-7-36-26-16-21(9-10-24(26)38-14-11-18(2)3)28-27-29(34)22-17-23(32)20(6)15-25(22)39-30(27)31(35)33(28)12-8-13-37-19(4)5/h9-10,15-19,28H,7-8,11-14H2,1-6H3. The molecule has 0 bridgehead atoms. The molecule has 1 aliphatic rings. The van der Waals surface area contributed by atoms with Crippen molar-refractivity contribution >= 4 is 28.5 Å². The molecule has 2 heterocycles. The molecule has 1 atom stereocenters. The van der Waals surface area contributed by atoms with Crippen LogP contribution in [0.1, 0.15) is 80.7 Å². The number of benzene rings is 2. The predicted molar refractivity (Wildman–Crippen MR) is 153 cm³/mol. The monoisotopic (exact) mass is 555 g/mol. The van der Waals surface area contributed by atoms with Gasteiger partial charge in [-0.15, -0.1) is 0 Å². The van der Waals surface area contributed by atoms with Gasteiger partial charge in [-0.3, -0.25) is 9.59 Å². The molecule has 8 heteroatoms. The molecule has 1 unspecified atom stereocenters. The van der Waals surface area contributed by atoms with Crippen LogP contribution < -0.4 is 14.9 Å². The van der Waals surface area contributed by atoms with E-state index in [1.165, 1.54) is 0 Å². The van der Waals surface area contributed by atoms with Gasteiger partial charge in [0.05, 0.1) is 36.3 Å². The van der Waals surface area contributed by atoms with Crippen molar-refractivity contribution in [3.63, 3.8) is 0 Å². The van der Waals surface area contributed by atoms with Crippen molar-refractivity contribution < 1.29 is 23.4 Å². The number of amides is 1. The Hall–Kier alpha value is -3.03. The lowest BCUT2D eigenvalue weighted by atomic mass is 9.97. The molecule has 1 aliphatic heterocycles. The summed E-state index contributed by atoms with van der Waals surface area (Å²) in [6.45, 7) is 13.9. The highest BCUT2D eigenvalue weighted by Crippen LogP contribution is 2.41. The lowest BCUT2D eigenvalue weighted by Gasteiger charge is -2.26. The van der Waals surface area contributed by atoms with Crippen molar-refractivity contribution in [2.24, 2.45) is 5.92 Å². The maximum absolute atomic E-state index is 13.9. The Labute approximate surface area is 235 Å². The van der Waals surface area contributed by atoms with E-state index in [0.717, 1.165) is 17.5 Å². The fraction of sp³-hybridized carbons (Fsp3) is 0.484. The molecule has 0 spiro atoms. The fourth-order valence-corrected chi connectivity index (χ4v) is 4.92. The van der Waals surface area contributed by atoms with Gasteiger partial charge in [0.25, 0.3) is 5.91 Å². The Morgan fingerprint density at radius 1 is 1.03 bits per heavy atom. The van der Waals surface area contributed by atoms with Crippen LogP contribution in [0.4, 0.5) is 0 Å². The maximum Gasteiger partial charge on any atom is 0.290 e. The summed E-state index contributed by atoms with van der Waals surface area (Å²) in [5.41, 5.74) is 1.92. The van der Waals surface area contributed by atoms with E-state index in [0.29, 0.717) is 71.8 Å². The first-order valence-corrected chi connectivity index (χ1v) is 14.1. The van der Waals surface area contributed by atoms with E-state index in [-0.39, 0.29) is 23.2 Å². The molecule has 39 heavy (non-hydrogen) atoms. The first-order chi connectivity index (χ1) is 18.6. The third-order valence-corrected chi connectivity index (χ3v) is 7.18. The van der Waals surface area contributed by atoms with Gasteiger partial charge in [-0.25, -0.2) is 0 Å². The number of nitrogens with zero attached hydrogens (tertiary/aromatic N) is 1. The van der Waals surface area contributed by atoms with E-state index < -0.39 is 6.04 Å². The highest BCUT2D eigenvalue weighted by atomic mass is 35.5. The minimum Gasteiger partial charge on any atom is -0.490 e. The minimum atomic E-state index is -0.642. The molecule has 210 valence electrons. The molecule has 0 aliphatic carbocycles. The SMILES string of the molecule is CCOc1cc(C2c3c(oc4cc(C)c(Cl)cc4c3=O)C(=O)N2CCCOC(C)C)ccc1OCCC(C)C. The normalized spacial score (nSPS) is 15.1. The Kier molecular flexibility index (Phi) is 9.23. The van der Waals surface area contributed by atoms with E-state index in [1.54, 1.807) is 17.0 Å². The predicted octanol–water partition coefficient (Wildman–Crippen LogP) is 6.94. The largest absolute Gasteiger partial charge is 0.490 e. The first kappa shape index (κ1) is 29.0. The molecule has 7 nitrogen and oxygen atoms in total. The molecular formula is C31H38ClNO6. The highest BCUT2D eigenvalue weighted by molar-refractivity contribution is 6.32. The van der Waals surface area contributed by atoms with Crippen LogP contribution in [-0.4, -0.2) is 43.3 Å². The second-order valence-electron chi connectivity index (χ2n) is 10.6. The van der Waals surface area contributed by atoms with Crippen LogP contribution in [0.3, 0.4) is 0 Å². The molecule has 0 radical (unpaired) electrons. The number of ether oxygens (including phenoxy) is 3. The molecule has 0 saturated heterocycles. The van der Waals surface area contributed by atoms with E-state index in [2.05, 4.69) is 13.8 Å². The van der Waals surface area contributed by atoms with Crippen LogP contribution in [-0.2, 0) is 4.74 Å². The van der Waals surface area contributed by atoms with Gasteiger partial charge in [0.1, 0.15) is 5.58 Å². The summed E-state index contributed by atoms with van der Waals surface area (Å²) >= 11 is 6.36. The topological polar surface area (TPSA) is 78.2 Å². The van der Waals surface area contributed by atoms with E-state index in [1.807, 2.05) is 45.9 Å². The van der Waals surface area contributed by atoms with Crippen molar-refractivity contribution in [2.75, 3.05) is 26.4 Å².